The topological polar surface area (TPSA) is 75.9 Å². The van der Waals surface area contributed by atoms with Gasteiger partial charge in [-0.2, -0.15) is 0 Å². The number of amides is 2. The van der Waals surface area contributed by atoms with Crippen LogP contribution in [0, 0.1) is 20.8 Å². The van der Waals surface area contributed by atoms with Crippen LogP contribution in [0.5, 0.6) is 0 Å². The van der Waals surface area contributed by atoms with Crippen LogP contribution in [0.25, 0.3) is 0 Å². The van der Waals surface area contributed by atoms with Gasteiger partial charge in [0.05, 0.1) is 18.3 Å². The molecular weight excluding hydrogens is 408 g/mol. The van der Waals surface area contributed by atoms with E-state index in [4.69, 9.17) is 11.6 Å². The number of halogens is 1. The van der Waals surface area contributed by atoms with Crippen molar-refractivity contribution < 1.29 is 4.79 Å². The van der Waals surface area contributed by atoms with E-state index in [1.54, 1.807) is 0 Å². The minimum absolute atomic E-state index is 0.106. The third kappa shape index (κ3) is 4.13. The van der Waals surface area contributed by atoms with Crippen LogP contribution >= 0.6 is 22.9 Å². The summed E-state index contributed by atoms with van der Waals surface area (Å²) < 4.78 is 2.08. The Labute approximate surface area is 178 Å². The molecule has 7 nitrogen and oxygen atoms in total. The number of benzene rings is 1. The van der Waals surface area contributed by atoms with Gasteiger partial charge in [0.1, 0.15) is 5.82 Å². The SMILES string of the molecule is Cc1nc(NC(=O)N2CCCC2c2nnc(C)n2Cc2ccc(Cl)cc2)sc1C. The van der Waals surface area contributed by atoms with Gasteiger partial charge >= 0.3 is 6.03 Å². The summed E-state index contributed by atoms with van der Waals surface area (Å²) in [6.07, 6.45) is 1.79. The minimum atomic E-state index is -0.139. The van der Waals surface area contributed by atoms with Crippen LogP contribution in [0.3, 0.4) is 0 Å². The molecule has 2 aromatic heterocycles. The average Bonchev–Trinajstić information content (AvgIpc) is 3.38. The summed E-state index contributed by atoms with van der Waals surface area (Å²) in [5.41, 5.74) is 2.06. The summed E-state index contributed by atoms with van der Waals surface area (Å²) >= 11 is 7.50. The number of carbonyl (C=O) groups excluding carboxylic acids is 1. The Kier molecular flexibility index (Phi) is 5.56. The smallest absolute Gasteiger partial charge is 0.314 e. The number of likely N-dealkylation sites (tertiary alicyclic amines) is 1. The molecule has 1 aromatic carbocycles. The van der Waals surface area contributed by atoms with E-state index in [1.807, 2.05) is 49.9 Å². The van der Waals surface area contributed by atoms with E-state index in [2.05, 4.69) is 25.1 Å². The van der Waals surface area contributed by atoms with Crippen LogP contribution in [0.15, 0.2) is 24.3 Å². The van der Waals surface area contributed by atoms with Crippen LogP contribution in [-0.2, 0) is 6.54 Å². The second-order valence-corrected chi connectivity index (χ2v) is 8.90. The standard InChI is InChI=1S/C20H23ClN6OS/c1-12-13(2)29-19(22-12)23-20(28)26-10-4-5-17(26)18-25-24-14(3)27(18)11-15-6-8-16(21)9-7-15/h6-9,17H,4-5,10-11H2,1-3H3,(H,22,23,28). The zero-order valence-electron chi connectivity index (χ0n) is 16.6. The molecule has 3 aromatic rings. The predicted octanol–water partition coefficient (Wildman–Crippen LogP) is 4.73. The van der Waals surface area contributed by atoms with E-state index in [0.717, 1.165) is 40.6 Å². The lowest BCUT2D eigenvalue weighted by Gasteiger charge is -2.24. The highest BCUT2D eigenvalue weighted by Gasteiger charge is 2.34. The van der Waals surface area contributed by atoms with E-state index < -0.39 is 0 Å². The highest BCUT2D eigenvalue weighted by atomic mass is 35.5. The molecule has 0 saturated carbocycles. The average molecular weight is 431 g/mol. The fourth-order valence-corrected chi connectivity index (χ4v) is 4.51. The molecule has 2 amide bonds. The molecular formula is C20H23ClN6OS. The highest BCUT2D eigenvalue weighted by Crippen LogP contribution is 2.32. The van der Waals surface area contributed by atoms with Gasteiger partial charge < -0.3 is 9.47 Å². The molecule has 0 bridgehead atoms. The second kappa shape index (κ2) is 8.12. The molecule has 0 radical (unpaired) electrons. The maximum Gasteiger partial charge on any atom is 0.324 e. The van der Waals surface area contributed by atoms with Crippen LogP contribution in [0.2, 0.25) is 5.02 Å². The maximum atomic E-state index is 12.9. The van der Waals surface area contributed by atoms with Crippen molar-refractivity contribution in [3.8, 4) is 0 Å². The van der Waals surface area contributed by atoms with Crippen molar-refractivity contribution in [2.24, 2.45) is 0 Å². The predicted molar refractivity (Wildman–Crippen MR) is 115 cm³/mol. The Hall–Kier alpha value is -2.45. The lowest BCUT2D eigenvalue weighted by molar-refractivity contribution is 0.204. The summed E-state index contributed by atoms with van der Waals surface area (Å²) in [6.45, 7) is 7.22. The van der Waals surface area contributed by atoms with Gasteiger partial charge in [-0.25, -0.2) is 9.78 Å². The molecule has 1 unspecified atom stereocenters. The number of thiazole rings is 1. The van der Waals surface area contributed by atoms with Crippen molar-refractivity contribution in [2.75, 3.05) is 11.9 Å². The normalized spacial score (nSPS) is 16.4. The monoisotopic (exact) mass is 430 g/mol. The zero-order valence-corrected chi connectivity index (χ0v) is 18.2. The van der Waals surface area contributed by atoms with Gasteiger partial charge in [-0.3, -0.25) is 5.32 Å². The van der Waals surface area contributed by atoms with Crippen molar-refractivity contribution >= 4 is 34.1 Å². The third-order valence-electron chi connectivity index (χ3n) is 5.27. The molecule has 29 heavy (non-hydrogen) atoms. The Morgan fingerprint density at radius 3 is 2.69 bits per heavy atom. The number of nitrogens with zero attached hydrogens (tertiary/aromatic N) is 5. The highest BCUT2D eigenvalue weighted by molar-refractivity contribution is 7.15. The van der Waals surface area contributed by atoms with Gasteiger partial charge in [0.15, 0.2) is 11.0 Å². The first-order chi connectivity index (χ1) is 13.9. The van der Waals surface area contributed by atoms with Crippen LogP contribution in [-0.4, -0.2) is 37.2 Å². The fourth-order valence-electron chi connectivity index (χ4n) is 3.58. The minimum Gasteiger partial charge on any atom is -0.314 e. The number of rotatable bonds is 4. The second-order valence-electron chi connectivity index (χ2n) is 7.26. The first kappa shape index (κ1) is 19.8. The molecule has 3 heterocycles. The molecule has 0 spiro atoms. The molecule has 1 aliphatic heterocycles. The summed E-state index contributed by atoms with van der Waals surface area (Å²) in [5.74, 6) is 1.64. The Morgan fingerprint density at radius 2 is 2.00 bits per heavy atom. The van der Waals surface area contributed by atoms with Crippen LogP contribution in [0.1, 0.15) is 46.7 Å². The van der Waals surface area contributed by atoms with E-state index in [1.165, 1.54) is 11.3 Å². The van der Waals surface area contributed by atoms with Crippen molar-refractivity contribution in [1.29, 1.82) is 0 Å². The van der Waals surface area contributed by atoms with Crippen molar-refractivity contribution in [2.45, 2.75) is 46.2 Å². The molecule has 1 atom stereocenters. The largest absolute Gasteiger partial charge is 0.324 e. The summed E-state index contributed by atoms with van der Waals surface area (Å²) in [6, 6.07) is 7.51. The number of hydrogen-bond acceptors (Lipinski definition) is 5. The Morgan fingerprint density at radius 1 is 1.24 bits per heavy atom. The van der Waals surface area contributed by atoms with E-state index in [0.29, 0.717) is 23.2 Å². The lowest BCUT2D eigenvalue weighted by Crippen LogP contribution is -2.35. The number of hydrogen-bond donors (Lipinski definition) is 1. The molecule has 0 aliphatic carbocycles. The molecule has 1 fully saturated rings. The summed E-state index contributed by atoms with van der Waals surface area (Å²) in [5, 5.41) is 13.0. The van der Waals surface area contributed by atoms with Gasteiger partial charge in [0.25, 0.3) is 0 Å². The molecule has 1 N–H and O–H groups in total. The van der Waals surface area contributed by atoms with E-state index >= 15 is 0 Å². The Bertz CT molecular complexity index is 1010. The molecule has 9 heteroatoms. The number of carbonyl (C=O) groups is 1. The maximum absolute atomic E-state index is 12.9. The first-order valence-electron chi connectivity index (χ1n) is 9.58. The Balaban J connectivity index is 1.55. The van der Waals surface area contributed by atoms with Crippen molar-refractivity contribution in [3.63, 3.8) is 0 Å². The van der Waals surface area contributed by atoms with Gasteiger partial charge in [-0.1, -0.05) is 23.7 Å². The first-order valence-corrected chi connectivity index (χ1v) is 10.8. The quantitative estimate of drug-likeness (QED) is 0.649. The summed E-state index contributed by atoms with van der Waals surface area (Å²) in [4.78, 5) is 20.3. The zero-order chi connectivity index (χ0) is 20.5. The van der Waals surface area contributed by atoms with Gasteiger partial charge in [0.2, 0.25) is 0 Å². The van der Waals surface area contributed by atoms with Crippen LogP contribution in [0.4, 0.5) is 9.93 Å². The fraction of sp³-hybridized carbons (Fsp3) is 0.400. The number of anilines is 1. The number of aryl methyl sites for hydroxylation is 3. The van der Waals surface area contributed by atoms with Gasteiger partial charge in [-0.05, 0) is 51.3 Å². The lowest BCUT2D eigenvalue weighted by atomic mass is 10.2. The number of urea groups is 1. The molecule has 152 valence electrons. The molecule has 4 rings (SSSR count). The molecule has 1 aliphatic rings. The molecule has 1 saturated heterocycles. The van der Waals surface area contributed by atoms with Gasteiger partial charge in [-0.15, -0.1) is 21.5 Å². The third-order valence-corrected chi connectivity index (χ3v) is 6.51. The number of nitrogens with one attached hydrogen (secondary N) is 1. The van der Waals surface area contributed by atoms with Crippen molar-refractivity contribution in [1.82, 2.24) is 24.6 Å². The summed E-state index contributed by atoms with van der Waals surface area (Å²) in [7, 11) is 0. The number of aromatic nitrogens is 4. The van der Waals surface area contributed by atoms with E-state index in [9.17, 15) is 4.79 Å². The van der Waals surface area contributed by atoms with Crippen molar-refractivity contribution in [3.05, 3.63) is 57.1 Å². The van der Waals surface area contributed by atoms with E-state index in [-0.39, 0.29) is 12.1 Å². The van der Waals surface area contributed by atoms with Gasteiger partial charge in [0, 0.05) is 16.4 Å². The van der Waals surface area contributed by atoms with Crippen LogP contribution < -0.4 is 5.32 Å².